The van der Waals surface area contributed by atoms with Gasteiger partial charge in [0.25, 0.3) is 0 Å². The quantitative estimate of drug-likeness (QED) is 0.887. The minimum absolute atomic E-state index is 0.142. The number of hydrogen-bond donors (Lipinski definition) is 1. The first-order valence-electron chi connectivity index (χ1n) is 10.9. The summed E-state index contributed by atoms with van der Waals surface area (Å²) in [5.41, 5.74) is 1.42. The standard InChI is InChI=1S/C24H32N2O/c27-24-13-21-16-26(14-18-7-2-1-3-8-18)23(24)17-25(21)15-20-11-6-10-19-9-4-5-12-22(19)20/h4-6,9-12,18,21,23-24,27H,1-3,7-8,13-17H2/t21-,23+,24+/m1/s1. The molecule has 0 aromatic heterocycles. The Balaban J connectivity index is 1.30. The fraction of sp³-hybridized carbons (Fsp3) is 0.583. The number of rotatable bonds is 4. The summed E-state index contributed by atoms with van der Waals surface area (Å²) in [7, 11) is 0. The molecule has 1 saturated carbocycles. The summed E-state index contributed by atoms with van der Waals surface area (Å²) < 4.78 is 0. The molecule has 0 spiro atoms. The number of aliphatic hydroxyl groups is 1. The zero-order valence-corrected chi connectivity index (χ0v) is 16.3. The van der Waals surface area contributed by atoms with Gasteiger partial charge in [-0.15, -0.1) is 0 Å². The van der Waals surface area contributed by atoms with Crippen LogP contribution in [0.5, 0.6) is 0 Å². The van der Waals surface area contributed by atoms with Gasteiger partial charge >= 0.3 is 0 Å². The smallest absolute Gasteiger partial charge is 0.0723 e. The maximum Gasteiger partial charge on any atom is 0.0723 e. The largest absolute Gasteiger partial charge is 0.391 e. The van der Waals surface area contributed by atoms with Crippen molar-refractivity contribution in [2.45, 2.75) is 63.3 Å². The number of nitrogens with zero attached hydrogens (tertiary/aromatic N) is 2. The third-order valence-corrected chi connectivity index (χ3v) is 7.28. The van der Waals surface area contributed by atoms with Gasteiger partial charge in [-0.2, -0.15) is 0 Å². The summed E-state index contributed by atoms with van der Waals surface area (Å²) in [6.45, 7) is 4.37. The average Bonchev–Trinajstić information content (AvgIpc) is 2.70. The maximum absolute atomic E-state index is 10.7. The fourth-order valence-electron chi connectivity index (χ4n) is 5.80. The molecule has 0 radical (unpaired) electrons. The highest BCUT2D eigenvalue weighted by atomic mass is 16.3. The zero-order chi connectivity index (χ0) is 18.2. The van der Waals surface area contributed by atoms with Gasteiger partial charge in [-0.25, -0.2) is 0 Å². The van der Waals surface area contributed by atoms with Crippen molar-refractivity contribution in [2.75, 3.05) is 19.6 Å². The van der Waals surface area contributed by atoms with Gasteiger partial charge in [-0.3, -0.25) is 9.80 Å². The maximum atomic E-state index is 10.7. The van der Waals surface area contributed by atoms with E-state index in [1.165, 1.54) is 55.0 Å². The topological polar surface area (TPSA) is 26.7 Å². The Bertz CT molecular complexity index is 780. The number of piperazine rings is 1. The Morgan fingerprint density at radius 2 is 1.70 bits per heavy atom. The van der Waals surface area contributed by atoms with E-state index in [0.717, 1.165) is 32.0 Å². The lowest BCUT2D eigenvalue weighted by atomic mass is 9.84. The van der Waals surface area contributed by atoms with Gasteiger partial charge in [0.05, 0.1) is 6.10 Å². The number of aliphatic hydroxyl groups excluding tert-OH is 1. The minimum Gasteiger partial charge on any atom is -0.391 e. The van der Waals surface area contributed by atoms with E-state index >= 15 is 0 Å². The number of hydrogen-bond acceptors (Lipinski definition) is 3. The first kappa shape index (κ1) is 17.7. The Hall–Kier alpha value is -1.42. The Labute approximate surface area is 163 Å². The summed E-state index contributed by atoms with van der Waals surface area (Å²) in [6.07, 6.45) is 7.81. The Morgan fingerprint density at radius 1 is 0.889 bits per heavy atom. The summed E-state index contributed by atoms with van der Waals surface area (Å²) in [6, 6.07) is 16.2. The SMILES string of the molecule is O[C@H]1C[C@@H]2CN(CC3CCCCC3)[C@H]1CN2Cc1cccc2ccccc12. The predicted molar refractivity (Wildman–Crippen MR) is 111 cm³/mol. The van der Waals surface area contributed by atoms with E-state index in [9.17, 15) is 5.11 Å². The molecule has 3 saturated heterocycles. The molecule has 3 atom stereocenters. The molecule has 3 aliphatic heterocycles. The van der Waals surface area contributed by atoms with Gasteiger partial charge in [0.1, 0.15) is 0 Å². The second-order valence-corrected chi connectivity index (χ2v) is 9.05. The van der Waals surface area contributed by atoms with Crippen LogP contribution >= 0.6 is 0 Å². The van der Waals surface area contributed by atoms with E-state index in [1.54, 1.807) is 0 Å². The van der Waals surface area contributed by atoms with E-state index in [0.29, 0.717) is 12.1 Å². The number of benzene rings is 2. The normalized spacial score (nSPS) is 30.2. The second-order valence-electron chi connectivity index (χ2n) is 9.05. The molecule has 1 N–H and O–H groups in total. The highest BCUT2D eigenvalue weighted by Crippen LogP contribution is 2.34. The Morgan fingerprint density at radius 3 is 2.56 bits per heavy atom. The van der Waals surface area contributed by atoms with Crippen LogP contribution in [0.2, 0.25) is 0 Å². The van der Waals surface area contributed by atoms with E-state index in [2.05, 4.69) is 52.3 Å². The molecule has 27 heavy (non-hydrogen) atoms. The molecule has 2 aromatic rings. The zero-order valence-electron chi connectivity index (χ0n) is 16.3. The van der Waals surface area contributed by atoms with Crippen LogP contribution in [0.1, 0.15) is 44.1 Å². The van der Waals surface area contributed by atoms with Gasteiger partial charge in [0.2, 0.25) is 0 Å². The minimum atomic E-state index is -0.142. The number of piperidine rings is 2. The fourth-order valence-corrected chi connectivity index (χ4v) is 5.80. The third-order valence-electron chi connectivity index (χ3n) is 7.28. The van der Waals surface area contributed by atoms with E-state index < -0.39 is 0 Å². The van der Waals surface area contributed by atoms with Crippen molar-refractivity contribution in [3.8, 4) is 0 Å². The van der Waals surface area contributed by atoms with Crippen LogP contribution in [0.3, 0.4) is 0 Å². The molecule has 3 heterocycles. The van der Waals surface area contributed by atoms with Crippen molar-refractivity contribution in [3.05, 3.63) is 48.0 Å². The van der Waals surface area contributed by atoms with Gasteiger partial charge in [-0.1, -0.05) is 61.7 Å². The van der Waals surface area contributed by atoms with Crippen LogP contribution in [0, 0.1) is 5.92 Å². The first-order valence-corrected chi connectivity index (χ1v) is 10.9. The molecule has 3 nitrogen and oxygen atoms in total. The van der Waals surface area contributed by atoms with Gasteiger partial charge in [0, 0.05) is 38.3 Å². The molecule has 144 valence electrons. The first-order chi connectivity index (χ1) is 13.3. The van der Waals surface area contributed by atoms with E-state index in [4.69, 9.17) is 0 Å². The lowest BCUT2D eigenvalue weighted by Crippen LogP contribution is -2.68. The molecule has 4 aliphatic rings. The van der Waals surface area contributed by atoms with Crippen LogP contribution < -0.4 is 0 Å². The van der Waals surface area contributed by atoms with E-state index in [-0.39, 0.29) is 6.10 Å². The highest BCUT2D eigenvalue weighted by Gasteiger charge is 2.44. The predicted octanol–water partition coefficient (Wildman–Crippen LogP) is 4.04. The van der Waals surface area contributed by atoms with Gasteiger partial charge < -0.3 is 5.11 Å². The summed E-state index contributed by atoms with van der Waals surface area (Å²) in [5, 5.41) is 13.4. The molecule has 3 heteroatoms. The van der Waals surface area contributed by atoms with Gasteiger partial charge in [-0.05, 0) is 41.5 Å². The lowest BCUT2D eigenvalue weighted by molar-refractivity contribution is -0.102. The van der Waals surface area contributed by atoms with Crippen molar-refractivity contribution in [1.29, 1.82) is 0 Å². The average molecular weight is 365 g/mol. The van der Waals surface area contributed by atoms with Crippen LogP contribution in [0.25, 0.3) is 10.8 Å². The van der Waals surface area contributed by atoms with E-state index in [1.807, 2.05) is 0 Å². The summed E-state index contributed by atoms with van der Waals surface area (Å²) >= 11 is 0. The molecular weight excluding hydrogens is 332 g/mol. The lowest BCUT2D eigenvalue weighted by Gasteiger charge is -2.54. The van der Waals surface area contributed by atoms with Crippen molar-refractivity contribution in [2.24, 2.45) is 5.92 Å². The van der Waals surface area contributed by atoms with Crippen molar-refractivity contribution in [1.82, 2.24) is 9.80 Å². The third kappa shape index (κ3) is 3.53. The van der Waals surface area contributed by atoms with Crippen molar-refractivity contribution >= 4 is 10.8 Å². The molecular formula is C24H32N2O. The molecule has 0 amide bonds. The Kier molecular flexibility index (Phi) is 4.93. The molecule has 2 bridgehead atoms. The van der Waals surface area contributed by atoms with Gasteiger partial charge in [0.15, 0.2) is 0 Å². The monoisotopic (exact) mass is 364 g/mol. The second kappa shape index (κ2) is 7.54. The summed E-state index contributed by atoms with van der Waals surface area (Å²) in [5.74, 6) is 0.858. The molecule has 4 fully saturated rings. The summed E-state index contributed by atoms with van der Waals surface area (Å²) in [4.78, 5) is 5.27. The van der Waals surface area contributed by atoms with Crippen LogP contribution in [-0.2, 0) is 6.54 Å². The molecule has 6 rings (SSSR count). The molecule has 2 aromatic carbocycles. The van der Waals surface area contributed by atoms with Crippen molar-refractivity contribution in [3.63, 3.8) is 0 Å². The van der Waals surface area contributed by atoms with Crippen molar-refractivity contribution < 1.29 is 5.11 Å². The van der Waals surface area contributed by atoms with Crippen LogP contribution in [0.15, 0.2) is 42.5 Å². The number of fused-ring (bicyclic) bond motifs is 4. The van der Waals surface area contributed by atoms with Crippen LogP contribution in [0.4, 0.5) is 0 Å². The molecule has 1 aliphatic carbocycles. The molecule has 0 unspecified atom stereocenters. The highest BCUT2D eigenvalue weighted by molar-refractivity contribution is 5.85. The van der Waals surface area contributed by atoms with Crippen LogP contribution in [-0.4, -0.2) is 52.7 Å².